The molecule has 2 rings (SSSR count). The van der Waals surface area contributed by atoms with Crippen molar-refractivity contribution in [3.8, 4) is 11.8 Å². The summed E-state index contributed by atoms with van der Waals surface area (Å²) in [5.74, 6) is -0.943. The van der Waals surface area contributed by atoms with Crippen molar-refractivity contribution in [2.45, 2.75) is 25.3 Å². The first-order chi connectivity index (χ1) is 7.65. The van der Waals surface area contributed by atoms with E-state index in [4.69, 9.17) is 11.0 Å². The Labute approximate surface area is 105 Å². The minimum atomic E-state index is -0.719. The zero-order valence-corrected chi connectivity index (χ0v) is 10.0. The van der Waals surface area contributed by atoms with Crippen LogP contribution < -0.4 is 5.73 Å². The number of rotatable bonds is 2. The molecule has 0 aliphatic heterocycles. The largest absolute Gasteiger partial charge is 0.505 e. The second kappa shape index (κ2) is 5.35. The summed E-state index contributed by atoms with van der Waals surface area (Å²) in [5.41, 5.74) is 6.49. The number of hydrogen-bond acceptors (Lipinski definition) is 3. The lowest BCUT2D eigenvalue weighted by molar-refractivity contribution is 0.259. The first kappa shape index (κ1) is 13.8. The molecular weight excluding hydrogens is 243 g/mol. The average molecular weight is 257 g/mol. The first-order valence-corrected chi connectivity index (χ1v) is 5.32. The van der Waals surface area contributed by atoms with Gasteiger partial charge in [-0.3, -0.25) is 0 Å². The fourth-order valence-corrected chi connectivity index (χ4v) is 2.05. The molecule has 1 aromatic carbocycles. The van der Waals surface area contributed by atoms with Crippen molar-refractivity contribution in [1.82, 2.24) is 0 Å². The van der Waals surface area contributed by atoms with Crippen LogP contribution in [0.15, 0.2) is 12.1 Å². The third kappa shape index (κ3) is 2.36. The standard InChI is InChI=1S/C12H13FN2O.ClH/c13-9-5-4-8(6-14)10(12(9)16)11(15)7-2-1-3-7;/h4-5,7,11,16H,1-3,15H2;1H/t11-;/m0./s1. The highest BCUT2D eigenvalue weighted by atomic mass is 35.5. The van der Waals surface area contributed by atoms with Crippen molar-refractivity contribution in [1.29, 1.82) is 5.26 Å². The van der Waals surface area contributed by atoms with Crippen LogP contribution in [0.1, 0.15) is 36.4 Å². The maximum atomic E-state index is 13.2. The Kier molecular flexibility index (Phi) is 4.33. The van der Waals surface area contributed by atoms with Gasteiger partial charge in [-0.25, -0.2) is 4.39 Å². The molecule has 0 unspecified atom stereocenters. The van der Waals surface area contributed by atoms with E-state index in [0.717, 1.165) is 25.3 Å². The Hall–Kier alpha value is -1.31. The highest BCUT2D eigenvalue weighted by Gasteiger charge is 2.30. The van der Waals surface area contributed by atoms with E-state index in [1.807, 2.05) is 6.07 Å². The van der Waals surface area contributed by atoms with E-state index in [2.05, 4.69) is 0 Å². The smallest absolute Gasteiger partial charge is 0.165 e. The molecule has 3 N–H and O–H groups in total. The molecule has 17 heavy (non-hydrogen) atoms. The molecule has 1 aliphatic carbocycles. The quantitative estimate of drug-likeness (QED) is 0.855. The predicted octanol–water partition coefficient (Wildman–Crippen LogP) is 2.62. The molecule has 1 saturated carbocycles. The molecule has 0 saturated heterocycles. The Morgan fingerprint density at radius 2 is 2.12 bits per heavy atom. The van der Waals surface area contributed by atoms with Gasteiger partial charge in [-0.2, -0.15) is 5.26 Å². The van der Waals surface area contributed by atoms with Crippen molar-refractivity contribution in [2.24, 2.45) is 11.7 Å². The highest BCUT2D eigenvalue weighted by molar-refractivity contribution is 5.85. The zero-order chi connectivity index (χ0) is 11.7. The Morgan fingerprint density at radius 1 is 1.47 bits per heavy atom. The van der Waals surface area contributed by atoms with Gasteiger partial charge in [0, 0.05) is 11.6 Å². The fourth-order valence-electron chi connectivity index (χ4n) is 2.05. The Bertz CT molecular complexity index is 455. The van der Waals surface area contributed by atoms with Gasteiger partial charge in [0.2, 0.25) is 0 Å². The van der Waals surface area contributed by atoms with Crippen LogP contribution in [0, 0.1) is 23.1 Å². The summed E-state index contributed by atoms with van der Waals surface area (Å²) < 4.78 is 13.2. The van der Waals surface area contributed by atoms with Gasteiger partial charge in [-0.05, 0) is 30.9 Å². The van der Waals surface area contributed by atoms with E-state index < -0.39 is 17.6 Å². The zero-order valence-electron chi connectivity index (χ0n) is 9.19. The van der Waals surface area contributed by atoms with Crippen molar-refractivity contribution >= 4 is 12.4 Å². The molecule has 0 amide bonds. The molecule has 0 bridgehead atoms. The van der Waals surface area contributed by atoms with E-state index in [9.17, 15) is 9.50 Å². The number of benzene rings is 1. The number of phenolic OH excluding ortho intramolecular Hbond substituents is 1. The normalized spacial score (nSPS) is 16.5. The van der Waals surface area contributed by atoms with Crippen LogP contribution in [0.5, 0.6) is 5.75 Å². The van der Waals surface area contributed by atoms with Crippen LogP contribution in [-0.4, -0.2) is 5.11 Å². The molecule has 0 heterocycles. The first-order valence-electron chi connectivity index (χ1n) is 5.32. The van der Waals surface area contributed by atoms with Gasteiger partial charge in [0.25, 0.3) is 0 Å². The molecule has 5 heteroatoms. The lowest BCUT2D eigenvalue weighted by atomic mass is 9.76. The Balaban J connectivity index is 0.00000144. The molecule has 3 nitrogen and oxygen atoms in total. The lowest BCUT2D eigenvalue weighted by Crippen LogP contribution is -2.27. The van der Waals surface area contributed by atoms with Crippen molar-refractivity contribution < 1.29 is 9.50 Å². The lowest BCUT2D eigenvalue weighted by Gasteiger charge is -2.32. The van der Waals surface area contributed by atoms with Crippen LogP contribution in [0.3, 0.4) is 0 Å². The van der Waals surface area contributed by atoms with Gasteiger partial charge >= 0.3 is 0 Å². The van der Waals surface area contributed by atoms with Gasteiger partial charge in [0.15, 0.2) is 11.6 Å². The van der Waals surface area contributed by atoms with Crippen LogP contribution >= 0.6 is 12.4 Å². The number of hydrogen-bond donors (Lipinski definition) is 2. The molecule has 0 radical (unpaired) electrons. The van der Waals surface area contributed by atoms with Gasteiger partial charge < -0.3 is 10.8 Å². The number of halogens is 2. The molecule has 1 aromatic rings. The molecule has 1 atom stereocenters. The van der Waals surface area contributed by atoms with E-state index >= 15 is 0 Å². The maximum Gasteiger partial charge on any atom is 0.165 e. The molecule has 0 aromatic heterocycles. The minimum Gasteiger partial charge on any atom is -0.505 e. The van der Waals surface area contributed by atoms with Crippen molar-refractivity contribution in [3.63, 3.8) is 0 Å². The van der Waals surface area contributed by atoms with Crippen LogP contribution in [-0.2, 0) is 0 Å². The molecular formula is C12H14ClFN2O. The van der Waals surface area contributed by atoms with Crippen LogP contribution in [0.4, 0.5) is 4.39 Å². The van der Waals surface area contributed by atoms with Gasteiger partial charge in [0.1, 0.15) is 0 Å². The van der Waals surface area contributed by atoms with Crippen molar-refractivity contribution in [3.05, 3.63) is 29.1 Å². The number of nitrogens with zero attached hydrogens (tertiary/aromatic N) is 1. The van der Waals surface area contributed by atoms with Gasteiger partial charge in [-0.1, -0.05) is 6.42 Å². The van der Waals surface area contributed by atoms with E-state index in [-0.39, 0.29) is 29.5 Å². The minimum absolute atomic E-state index is 0. The van der Waals surface area contributed by atoms with Gasteiger partial charge in [0.05, 0.1) is 11.6 Å². The Morgan fingerprint density at radius 3 is 2.59 bits per heavy atom. The maximum absolute atomic E-state index is 13.2. The fraction of sp³-hybridized carbons (Fsp3) is 0.417. The summed E-state index contributed by atoms with van der Waals surface area (Å²) >= 11 is 0. The number of nitrogens with two attached hydrogens (primary N) is 1. The second-order valence-electron chi connectivity index (χ2n) is 4.19. The monoisotopic (exact) mass is 256 g/mol. The van der Waals surface area contributed by atoms with Gasteiger partial charge in [-0.15, -0.1) is 12.4 Å². The summed E-state index contributed by atoms with van der Waals surface area (Å²) in [4.78, 5) is 0. The molecule has 1 aliphatic rings. The van der Waals surface area contributed by atoms with E-state index in [1.165, 1.54) is 6.07 Å². The van der Waals surface area contributed by atoms with E-state index in [0.29, 0.717) is 0 Å². The van der Waals surface area contributed by atoms with Crippen molar-refractivity contribution in [2.75, 3.05) is 0 Å². The summed E-state index contributed by atoms with van der Waals surface area (Å²) in [5, 5.41) is 18.6. The predicted molar refractivity (Wildman–Crippen MR) is 64.3 cm³/mol. The SMILES string of the molecule is Cl.N#Cc1ccc(F)c(O)c1[C@@H](N)C1CCC1. The molecule has 1 fully saturated rings. The second-order valence-corrected chi connectivity index (χ2v) is 4.19. The molecule has 92 valence electrons. The summed E-state index contributed by atoms with van der Waals surface area (Å²) in [6.45, 7) is 0. The third-order valence-corrected chi connectivity index (χ3v) is 3.28. The highest BCUT2D eigenvalue weighted by Crippen LogP contribution is 2.40. The number of aromatic hydroxyl groups is 1. The topological polar surface area (TPSA) is 70.0 Å². The average Bonchev–Trinajstić information content (AvgIpc) is 2.19. The number of phenols is 1. The summed E-state index contributed by atoms with van der Waals surface area (Å²) in [7, 11) is 0. The van der Waals surface area contributed by atoms with Crippen LogP contribution in [0.25, 0.3) is 0 Å². The summed E-state index contributed by atoms with van der Waals surface area (Å²) in [6, 6.07) is 3.95. The third-order valence-electron chi connectivity index (χ3n) is 3.28. The molecule has 0 spiro atoms. The summed E-state index contributed by atoms with van der Waals surface area (Å²) in [6.07, 6.45) is 3.06. The van der Waals surface area contributed by atoms with Crippen LogP contribution in [0.2, 0.25) is 0 Å². The number of nitriles is 1. The van der Waals surface area contributed by atoms with E-state index in [1.54, 1.807) is 0 Å².